The van der Waals surface area contributed by atoms with Gasteiger partial charge in [0.1, 0.15) is 0 Å². The van der Waals surface area contributed by atoms with Crippen molar-refractivity contribution in [2.75, 3.05) is 6.61 Å². The third-order valence-corrected chi connectivity index (χ3v) is 3.57. The highest BCUT2D eigenvalue weighted by molar-refractivity contribution is 6.35. The van der Waals surface area contributed by atoms with Crippen LogP contribution in [-0.2, 0) is 6.42 Å². The van der Waals surface area contributed by atoms with Gasteiger partial charge >= 0.3 is 0 Å². The van der Waals surface area contributed by atoms with Crippen LogP contribution in [-0.4, -0.2) is 17.8 Å². The zero-order valence-electron chi connectivity index (χ0n) is 9.13. The molecular weight excluding hydrogens is 245 g/mol. The van der Waals surface area contributed by atoms with Crippen LogP contribution in [0.15, 0.2) is 12.1 Å². The summed E-state index contributed by atoms with van der Waals surface area (Å²) in [5.74, 6) is 0. The van der Waals surface area contributed by atoms with Crippen LogP contribution in [0, 0.1) is 0 Å². The molecule has 0 bridgehead atoms. The fourth-order valence-electron chi connectivity index (χ4n) is 2.21. The lowest BCUT2D eigenvalue weighted by Crippen LogP contribution is -2.32. The van der Waals surface area contributed by atoms with E-state index in [-0.39, 0.29) is 18.7 Å². The normalized spacial score (nSPS) is 20.9. The lowest BCUT2D eigenvalue weighted by Gasteiger charge is -2.18. The van der Waals surface area contributed by atoms with E-state index in [1.54, 1.807) is 6.07 Å². The van der Waals surface area contributed by atoms with Gasteiger partial charge in [-0.3, -0.25) is 0 Å². The minimum atomic E-state index is 0.0914. The van der Waals surface area contributed by atoms with E-state index in [1.165, 1.54) is 11.1 Å². The van der Waals surface area contributed by atoms with Crippen molar-refractivity contribution in [3.8, 4) is 0 Å². The average Bonchev–Trinajstić information content (AvgIpc) is 2.61. The molecule has 16 heavy (non-hydrogen) atoms. The van der Waals surface area contributed by atoms with Gasteiger partial charge in [0.2, 0.25) is 0 Å². The number of halogens is 2. The number of fused-ring (bicyclic) bond motifs is 1. The molecule has 1 unspecified atom stereocenters. The van der Waals surface area contributed by atoms with Crippen molar-refractivity contribution >= 4 is 23.2 Å². The smallest absolute Gasteiger partial charge is 0.0582 e. The van der Waals surface area contributed by atoms with Gasteiger partial charge in [0.15, 0.2) is 0 Å². The highest BCUT2D eigenvalue weighted by Gasteiger charge is 2.25. The summed E-state index contributed by atoms with van der Waals surface area (Å²) in [6.45, 7) is 2.10. The summed E-state index contributed by atoms with van der Waals surface area (Å²) in [5, 5.41) is 13.8. The Morgan fingerprint density at radius 1 is 1.50 bits per heavy atom. The first-order valence-electron chi connectivity index (χ1n) is 5.46. The molecule has 1 aromatic rings. The number of aliphatic hydroxyl groups is 1. The molecule has 0 aromatic heterocycles. The Morgan fingerprint density at radius 2 is 2.25 bits per heavy atom. The molecule has 1 aliphatic rings. The van der Waals surface area contributed by atoms with Crippen LogP contribution in [0.1, 0.15) is 30.5 Å². The second-order valence-electron chi connectivity index (χ2n) is 4.30. The van der Waals surface area contributed by atoms with Crippen molar-refractivity contribution in [3.63, 3.8) is 0 Å². The first-order chi connectivity index (χ1) is 7.61. The molecule has 0 heterocycles. The van der Waals surface area contributed by atoms with Gasteiger partial charge in [-0.05, 0) is 43.0 Å². The topological polar surface area (TPSA) is 32.3 Å². The first kappa shape index (κ1) is 12.2. The van der Waals surface area contributed by atoms with E-state index in [9.17, 15) is 0 Å². The second kappa shape index (κ2) is 4.92. The lowest BCUT2D eigenvalue weighted by molar-refractivity contribution is 0.240. The zero-order valence-corrected chi connectivity index (χ0v) is 10.6. The SMILES string of the molecule is C[C@H](CO)NC1CCc2c(Cl)cc(Cl)cc21. The molecule has 0 saturated heterocycles. The van der Waals surface area contributed by atoms with E-state index in [1.807, 2.05) is 13.0 Å². The lowest BCUT2D eigenvalue weighted by atomic mass is 10.1. The molecule has 0 amide bonds. The van der Waals surface area contributed by atoms with Crippen molar-refractivity contribution in [2.45, 2.75) is 31.8 Å². The number of nitrogens with one attached hydrogen (secondary N) is 1. The third-order valence-electron chi connectivity index (χ3n) is 3.01. The van der Waals surface area contributed by atoms with Crippen LogP contribution in [0.5, 0.6) is 0 Å². The molecule has 0 radical (unpaired) electrons. The Labute approximate surface area is 106 Å². The van der Waals surface area contributed by atoms with E-state index in [0.717, 1.165) is 17.9 Å². The second-order valence-corrected chi connectivity index (χ2v) is 5.14. The minimum absolute atomic E-state index is 0.0914. The number of rotatable bonds is 3. The summed E-state index contributed by atoms with van der Waals surface area (Å²) >= 11 is 12.2. The van der Waals surface area contributed by atoms with Crippen molar-refractivity contribution in [3.05, 3.63) is 33.3 Å². The molecule has 2 rings (SSSR count). The van der Waals surface area contributed by atoms with E-state index in [0.29, 0.717) is 5.02 Å². The van der Waals surface area contributed by atoms with Gasteiger partial charge in [-0.2, -0.15) is 0 Å². The van der Waals surface area contributed by atoms with Crippen LogP contribution in [0.3, 0.4) is 0 Å². The maximum Gasteiger partial charge on any atom is 0.0582 e. The maximum absolute atomic E-state index is 9.04. The molecule has 0 fully saturated rings. The van der Waals surface area contributed by atoms with Gasteiger partial charge in [-0.15, -0.1) is 0 Å². The summed E-state index contributed by atoms with van der Waals surface area (Å²) in [7, 11) is 0. The number of aliphatic hydroxyl groups excluding tert-OH is 1. The van der Waals surface area contributed by atoms with Crippen molar-refractivity contribution < 1.29 is 5.11 Å². The standard InChI is InChI=1S/C12H15Cl2NO/c1-7(6-16)15-12-3-2-9-10(12)4-8(13)5-11(9)14/h4-5,7,12,15-16H,2-3,6H2,1H3/t7-,12?/m1/s1. The van der Waals surface area contributed by atoms with Crippen molar-refractivity contribution in [2.24, 2.45) is 0 Å². The molecule has 0 spiro atoms. The molecule has 2 N–H and O–H groups in total. The van der Waals surface area contributed by atoms with Crippen LogP contribution in [0.2, 0.25) is 10.0 Å². The Hall–Kier alpha value is -0.280. The van der Waals surface area contributed by atoms with Crippen LogP contribution >= 0.6 is 23.2 Å². The highest BCUT2D eigenvalue weighted by atomic mass is 35.5. The van der Waals surface area contributed by atoms with Crippen LogP contribution in [0.4, 0.5) is 0 Å². The summed E-state index contributed by atoms with van der Waals surface area (Å²) < 4.78 is 0. The maximum atomic E-state index is 9.04. The zero-order chi connectivity index (χ0) is 11.7. The van der Waals surface area contributed by atoms with E-state index < -0.39 is 0 Å². The molecule has 0 saturated carbocycles. The van der Waals surface area contributed by atoms with Crippen molar-refractivity contribution in [1.82, 2.24) is 5.32 Å². The molecule has 2 atom stereocenters. The van der Waals surface area contributed by atoms with Gasteiger partial charge in [0.25, 0.3) is 0 Å². The third kappa shape index (κ3) is 2.35. The predicted octanol–water partition coefficient (Wildman–Crippen LogP) is 2.95. The molecule has 88 valence electrons. The van der Waals surface area contributed by atoms with E-state index >= 15 is 0 Å². The van der Waals surface area contributed by atoms with Crippen molar-refractivity contribution in [1.29, 1.82) is 0 Å². The van der Waals surface area contributed by atoms with Crippen LogP contribution < -0.4 is 5.32 Å². The molecule has 0 aliphatic heterocycles. The predicted molar refractivity (Wildman–Crippen MR) is 67.2 cm³/mol. The van der Waals surface area contributed by atoms with E-state index in [2.05, 4.69) is 5.32 Å². The average molecular weight is 260 g/mol. The fraction of sp³-hybridized carbons (Fsp3) is 0.500. The molecule has 1 aliphatic carbocycles. The molecule has 4 heteroatoms. The van der Waals surface area contributed by atoms with Gasteiger partial charge in [-0.25, -0.2) is 0 Å². The monoisotopic (exact) mass is 259 g/mol. The summed E-state index contributed by atoms with van der Waals surface area (Å²) in [6.07, 6.45) is 1.99. The number of hydrogen-bond donors (Lipinski definition) is 2. The summed E-state index contributed by atoms with van der Waals surface area (Å²) in [6, 6.07) is 4.11. The Balaban J connectivity index is 2.25. The highest BCUT2D eigenvalue weighted by Crippen LogP contribution is 2.37. The molecular formula is C12H15Cl2NO. The summed E-state index contributed by atoms with van der Waals surface area (Å²) in [5.41, 5.74) is 2.37. The Bertz CT molecular complexity index is 395. The van der Waals surface area contributed by atoms with Gasteiger partial charge in [-0.1, -0.05) is 23.2 Å². The quantitative estimate of drug-likeness (QED) is 0.875. The number of hydrogen-bond acceptors (Lipinski definition) is 2. The molecule has 2 nitrogen and oxygen atoms in total. The van der Waals surface area contributed by atoms with Gasteiger partial charge in [0.05, 0.1) is 6.61 Å². The summed E-state index contributed by atoms with van der Waals surface area (Å²) in [4.78, 5) is 0. The van der Waals surface area contributed by atoms with Gasteiger partial charge < -0.3 is 10.4 Å². The van der Waals surface area contributed by atoms with Gasteiger partial charge in [0, 0.05) is 22.1 Å². The van der Waals surface area contributed by atoms with E-state index in [4.69, 9.17) is 28.3 Å². The Morgan fingerprint density at radius 3 is 2.94 bits per heavy atom. The largest absolute Gasteiger partial charge is 0.395 e. The fourth-order valence-corrected chi connectivity index (χ4v) is 2.82. The number of benzene rings is 1. The Kier molecular flexibility index (Phi) is 3.75. The first-order valence-corrected chi connectivity index (χ1v) is 6.22. The van der Waals surface area contributed by atoms with Crippen LogP contribution in [0.25, 0.3) is 0 Å². The molecule has 1 aromatic carbocycles. The minimum Gasteiger partial charge on any atom is -0.395 e.